The van der Waals surface area contributed by atoms with Gasteiger partial charge in [0.05, 0.1) is 11.1 Å². The zero-order chi connectivity index (χ0) is 13.9. The first-order valence-electron chi connectivity index (χ1n) is 5.80. The standard InChI is InChI=1S/C15H14O4/c1-11-7-5-6-10-13(11)15(17,18)19-14(16)12-8-3-2-4-9-12/h2-10,17-18H,1H3. The van der Waals surface area contributed by atoms with Gasteiger partial charge in [0.25, 0.3) is 0 Å². The van der Waals surface area contributed by atoms with E-state index in [1.807, 2.05) is 0 Å². The molecule has 0 saturated carbocycles. The maximum absolute atomic E-state index is 11.8. The molecule has 0 aromatic heterocycles. The highest BCUT2D eigenvalue weighted by atomic mass is 16.8. The molecule has 0 bridgehead atoms. The van der Waals surface area contributed by atoms with Gasteiger partial charge in [-0.3, -0.25) is 0 Å². The predicted molar refractivity (Wildman–Crippen MR) is 69.2 cm³/mol. The van der Waals surface area contributed by atoms with Gasteiger partial charge in [-0.1, -0.05) is 36.4 Å². The molecule has 2 N–H and O–H groups in total. The first-order valence-corrected chi connectivity index (χ1v) is 5.80. The summed E-state index contributed by atoms with van der Waals surface area (Å²) in [4.78, 5) is 11.8. The number of esters is 1. The summed E-state index contributed by atoms with van der Waals surface area (Å²) >= 11 is 0. The first kappa shape index (κ1) is 13.3. The van der Waals surface area contributed by atoms with Crippen LogP contribution in [0.3, 0.4) is 0 Å². The second-order valence-corrected chi connectivity index (χ2v) is 4.18. The number of hydrogen-bond donors (Lipinski definition) is 2. The Bertz CT molecular complexity index is 576. The van der Waals surface area contributed by atoms with Gasteiger partial charge in [-0.05, 0) is 30.7 Å². The summed E-state index contributed by atoms with van der Waals surface area (Å²) < 4.78 is 4.76. The molecule has 2 rings (SSSR count). The van der Waals surface area contributed by atoms with E-state index in [0.29, 0.717) is 5.56 Å². The van der Waals surface area contributed by atoms with Gasteiger partial charge >= 0.3 is 11.9 Å². The van der Waals surface area contributed by atoms with Crippen LogP contribution in [0.15, 0.2) is 54.6 Å². The molecule has 19 heavy (non-hydrogen) atoms. The smallest absolute Gasteiger partial charge is 0.353 e. The number of hydrogen-bond acceptors (Lipinski definition) is 4. The van der Waals surface area contributed by atoms with Gasteiger partial charge in [-0.25, -0.2) is 4.79 Å². The minimum atomic E-state index is -2.64. The van der Waals surface area contributed by atoms with Crippen LogP contribution in [0.5, 0.6) is 0 Å². The van der Waals surface area contributed by atoms with E-state index in [9.17, 15) is 15.0 Å². The van der Waals surface area contributed by atoms with E-state index in [0.717, 1.165) is 0 Å². The van der Waals surface area contributed by atoms with E-state index < -0.39 is 11.9 Å². The van der Waals surface area contributed by atoms with E-state index in [2.05, 4.69) is 0 Å². The summed E-state index contributed by atoms with van der Waals surface area (Å²) in [6.45, 7) is 1.70. The van der Waals surface area contributed by atoms with Crippen LogP contribution >= 0.6 is 0 Å². The van der Waals surface area contributed by atoms with Crippen LogP contribution in [0.4, 0.5) is 0 Å². The third-order valence-corrected chi connectivity index (χ3v) is 2.74. The fraction of sp³-hybridized carbons (Fsp3) is 0.133. The molecule has 98 valence electrons. The van der Waals surface area contributed by atoms with Crippen LogP contribution in [0, 0.1) is 6.92 Å². The molecule has 0 unspecified atom stereocenters. The second-order valence-electron chi connectivity index (χ2n) is 4.18. The highest BCUT2D eigenvalue weighted by molar-refractivity contribution is 5.89. The highest BCUT2D eigenvalue weighted by Gasteiger charge is 2.32. The van der Waals surface area contributed by atoms with Crippen molar-refractivity contribution in [3.63, 3.8) is 0 Å². The van der Waals surface area contributed by atoms with Gasteiger partial charge < -0.3 is 14.9 Å². The minimum Gasteiger partial charge on any atom is -0.400 e. The van der Waals surface area contributed by atoms with Crippen LogP contribution in [0.2, 0.25) is 0 Å². The molecule has 4 nitrogen and oxygen atoms in total. The molecule has 0 fully saturated rings. The topological polar surface area (TPSA) is 66.8 Å². The summed E-state index contributed by atoms with van der Waals surface area (Å²) in [7, 11) is 0. The van der Waals surface area contributed by atoms with E-state index in [1.54, 1.807) is 43.3 Å². The van der Waals surface area contributed by atoms with E-state index in [-0.39, 0.29) is 11.1 Å². The molecule has 0 aliphatic heterocycles. The quantitative estimate of drug-likeness (QED) is 0.652. The van der Waals surface area contributed by atoms with Crippen molar-refractivity contribution in [3.05, 3.63) is 71.3 Å². The number of rotatable bonds is 3. The van der Waals surface area contributed by atoms with Crippen molar-refractivity contribution in [2.75, 3.05) is 0 Å². The molecule has 0 aliphatic carbocycles. The molecule has 0 radical (unpaired) electrons. The molecule has 4 heteroatoms. The Morgan fingerprint density at radius 1 is 1.00 bits per heavy atom. The third-order valence-electron chi connectivity index (χ3n) is 2.74. The van der Waals surface area contributed by atoms with Crippen LogP contribution in [-0.2, 0) is 10.7 Å². The molecule has 0 saturated heterocycles. The van der Waals surface area contributed by atoms with Crippen LogP contribution in [-0.4, -0.2) is 16.2 Å². The maximum Gasteiger partial charge on any atom is 0.353 e. The number of carbonyl (C=O) groups excluding carboxylic acids is 1. The maximum atomic E-state index is 11.8. The zero-order valence-corrected chi connectivity index (χ0v) is 10.4. The van der Waals surface area contributed by atoms with Crippen LogP contribution in [0.25, 0.3) is 0 Å². The van der Waals surface area contributed by atoms with Crippen molar-refractivity contribution in [3.8, 4) is 0 Å². The van der Waals surface area contributed by atoms with Gasteiger partial charge in [0.15, 0.2) is 0 Å². The Labute approximate surface area is 110 Å². The number of benzene rings is 2. The zero-order valence-electron chi connectivity index (χ0n) is 10.4. The predicted octanol–water partition coefficient (Wildman–Crippen LogP) is 1.95. The highest BCUT2D eigenvalue weighted by Crippen LogP contribution is 2.24. The van der Waals surface area contributed by atoms with E-state index in [4.69, 9.17) is 4.74 Å². The lowest BCUT2D eigenvalue weighted by Gasteiger charge is -2.23. The number of carbonyl (C=O) groups is 1. The fourth-order valence-electron chi connectivity index (χ4n) is 1.76. The molecule has 0 atom stereocenters. The van der Waals surface area contributed by atoms with Crippen molar-refractivity contribution in [2.24, 2.45) is 0 Å². The van der Waals surface area contributed by atoms with Crippen LogP contribution in [0.1, 0.15) is 21.5 Å². The second kappa shape index (κ2) is 5.22. The Kier molecular flexibility index (Phi) is 3.64. The molecule has 2 aromatic rings. The van der Waals surface area contributed by atoms with Crippen molar-refractivity contribution < 1.29 is 19.7 Å². The number of ether oxygens (including phenoxy) is 1. The fourth-order valence-corrected chi connectivity index (χ4v) is 1.76. The molecule has 0 amide bonds. The SMILES string of the molecule is Cc1ccccc1C(O)(O)OC(=O)c1ccccc1. The lowest BCUT2D eigenvalue weighted by atomic mass is 10.1. The minimum absolute atomic E-state index is 0.138. The van der Waals surface area contributed by atoms with Crippen molar-refractivity contribution >= 4 is 5.97 Å². The molecule has 0 heterocycles. The molecule has 0 aliphatic rings. The largest absolute Gasteiger partial charge is 0.400 e. The van der Waals surface area contributed by atoms with Gasteiger partial charge in [-0.2, -0.15) is 0 Å². The summed E-state index contributed by atoms with van der Waals surface area (Å²) in [6.07, 6.45) is 0. The molecular formula is C15H14O4. The Balaban J connectivity index is 2.23. The van der Waals surface area contributed by atoms with Gasteiger partial charge in [0, 0.05) is 0 Å². The van der Waals surface area contributed by atoms with Gasteiger partial charge in [-0.15, -0.1) is 0 Å². The Hall–Kier alpha value is -2.17. The summed E-state index contributed by atoms with van der Waals surface area (Å²) in [6, 6.07) is 14.8. The summed E-state index contributed by atoms with van der Waals surface area (Å²) in [5.74, 6) is -3.44. The van der Waals surface area contributed by atoms with E-state index >= 15 is 0 Å². The number of aliphatic hydroxyl groups is 2. The molecule has 2 aromatic carbocycles. The van der Waals surface area contributed by atoms with Crippen molar-refractivity contribution in [1.29, 1.82) is 0 Å². The lowest BCUT2D eigenvalue weighted by Crippen LogP contribution is -2.32. The monoisotopic (exact) mass is 258 g/mol. The summed E-state index contributed by atoms with van der Waals surface area (Å²) in [5, 5.41) is 19.8. The van der Waals surface area contributed by atoms with Gasteiger partial charge in [0.2, 0.25) is 0 Å². The van der Waals surface area contributed by atoms with E-state index in [1.165, 1.54) is 18.2 Å². The lowest BCUT2D eigenvalue weighted by molar-refractivity contribution is -0.319. The Morgan fingerprint density at radius 2 is 1.58 bits per heavy atom. The van der Waals surface area contributed by atoms with Crippen molar-refractivity contribution in [2.45, 2.75) is 12.9 Å². The Morgan fingerprint density at radius 3 is 2.21 bits per heavy atom. The number of aryl methyl sites for hydroxylation is 1. The average Bonchev–Trinajstić information content (AvgIpc) is 2.39. The molecular weight excluding hydrogens is 244 g/mol. The molecule has 0 spiro atoms. The van der Waals surface area contributed by atoms with Gasteiger partial charge in [0.1, 0.15) is 0 Å². The first-order chi connectivity index (χ1) is 9.00. The normalized spacial score (nSPS) is 11.1. The van der Waals surface area contributed by atoms with Crippen LogP contribution < -0.4 is 0 Å². The average molecular weight is 258 g/mol. The van der Waals surface area contributed by atoms with Crippen molar-refractivity contribution in [1.82, 2.24) is 0 Å². The third kappa shape index (κ3) is 2.99. The summed E-state index contributed by atoms with van der Waals surface area (Å²) in [5.41, 5.74) is 1.01.